The van der Waals surface area contributed by atoms with Gasteiger partial charge in [-0.25, -0.2) is 8.42 Å². The molecule has 5 nitrogen and oxygen atoms in total. The van der Waals surface area contributed by atoms with E-state index in [-0.39, 0.29) is 0 Å². The maximum atomic E-state index is 13.6. The predicted molar refractivity (Wildman–Crippen MR) is 150 cm³/mol. The summed E-state index contributed by atoms with van der Waals surface area (Å²) in [6, 6.07) is 25.6. The largest absolute Gasteiger partial charge is 0.340 e. The van der Waals surface area contributed by atoms with Crippen LogP contribution >= 0.6 is 11.6 Å². The Balaban J connectivity index is 1.30. The van der Waals surface area contributed by atoms with Crippen LogP contribution in [0.1, 0.15) is 35.6 Å². The van der Waals surface area contributed by atoms with E-state index in [2.05, 4.69) is 46.8 Å². The van der Waals surface area contributed by atoms with E-state index >= 15 is 0 Å². The molecule has 2 aromatic heterocycles. The third-order valence-corrected chi connectivity index (χ3v) is 9.75. The highest BCUT2D eigenvalue weighted by Crippen LogP contribution is 2.39. The summed E-state index contributed by atoms with van der Waals surface area (Å²) in [7, 11) is -3.63. The quantitative estimate of drug-likeness (QED) is 0.252. The van der Waals surface area contributed by atoms with Gasteiger partial charge in [-0.05, 0) is 67.1 Å². The molecular formula is C30H28ClN3O2S. The standard InChI is InChI=1S/C30H28ClN3O2S/c1-21-29(26-11-2-3-12-27(26)34(21)20-22-7-4-10-25(31)19-22)23-14-17-33(18-15-23)37(35,36)28-13-5-8-24-9-6-16-32-30(24)28/h2-13,16,19,23H,14-15,17-18,20H2,1H3. The Labute approximate surface area is 222 Å². The molecule has 1 aliphatic rings. The van der Waals surface area contributed by atoms with E-state index in [1.807, 2.05) is 36.4 Å². The van der Waals surface area contributed by atoms with E-state index < -0.39 is 10.0 Å². The number of para-hydroxylation sites is 2. The molecular weight excluding hydrogens is 502 g/mol. The van der Waals surface area contributed by atoms with Gasteiger partial charge >= 0.3 is 0 Å². The molecule has 0 N–H and O–H groups in total. The molecule has 0 radical (unpaired) electrons. The zero-order valence-electron chi connectivity index (χ0n) is 20.6. The minimum Gasteiger partial charge on any atom is -0.340 e. The molecule has 0 atom stereocenters. The minimum absolute atomic E-state index is 0.290. The Morgan fingerprint density at radius 2 is 1.70 bits per heavy atom. The fraction of sp³-hybridized carbons (Fsp3) is 0.233. The number of rotatable bonds is 5. The van der Waals surface area contributed by atoms with Crippen LogP contribution in [0.3, 0.4) is 0 Å². The van der Waals surface area contributed by atoms with Gasteiger partial charge in [0.05, 0.1) is 5.52 Å². The van der Waals surface area contributed by atoms with Crippen molar-refractivity contribution in [3.8, 4) is 0 Å². The summed E-state index contributed by atoms with van der Waals surface area (Å²) in [6.07, 6.45) is 3.21. The number of fused-ring (bicyclic) bond motifs is 2. The highest BCUT2D eigenvalue weighted by atomic mass is 35.5. The van der Waals surface area contributed by atoms with Gasteiger partial charge in [-0.15, -0.1) is 0 Å². The lowest BCUT2D eigenvalue weighted by atomic mass is 9.88. The molecule has 37 heavy (non-hydrogen) atoms. The molecule has 0 saturated carbocycles. The number of aromatic nitrogens is 2. The van der Waals surface area contributed by atoms with Crippen molar-refractivity contribution in [1.29, 1.82) is 0 Å². The van der Waals surface area contributed by atoms with Crippen LogP contribution in [0.25, 0.3) is 21.8 Å². The third-order valence-electron chi connectivity index (χ3n) is 7.59. The Morgan fingerprint density at radius 3 is 2.51 bits per heavy atom. The normalized spacial score (nSPS) is 15.5. The molecule has 0 spiro atoms. The first-order chi connectivity index (χ1) is 17.9. The molecule has 6 rings (SSSR count). The third kappa shape index (κ3) is 4.33. The molecule has 5 aromatic rings. The number of nitrogens with zero attached hydrogens (tertiary/aromatic N) is 3. The molecule has 0 bridgehead atoms. The molecule has 0 amide bonds. The summed E-state index contributed by atoms with van der Waals surface area (Å²) in [6.45, 7) is 3.91. The van der Waals surface area contributed by atoms with Gasteiger partial charge in [0.2, 0.25) is 10.0 Å². The van der Waals surface area contributed by atoms with Crippen LogP contribution in [0.4, 0.5) is 0 Å². The lowest BCUT2D eigenvalue weighted by molar-refractivity contribution is 0.320. The van der Waals surface area contributed by atoms with Crippen LogP contribution < -0.4 is 0 Å². The fourth-order valence-corrected chi connectivity index (χ4v) is 7.65. The molecule has 1 saturated heterocycles. The van der Waals surface area contributed by atoms with E-state index in [1.165, 1.54) is 22.2 Å². The predicted octanol–water partition coefficient (Wildman–Crippen LogP) is 6.77. The van der Waals surface area contributed by atoms with E-state index in [1.54, 1.807) is 22.6 Å². The average molecular weight is 530 g/mol. The van der Waals surface area contributed by atoms with Crippen LogP contribution in [0.5, 0.6) is 0 Å². The Bertz CT molecular complexity index is 1710. The van der Waals surface area contributed by atoms with Gasteiger partial charge in [-0.3, -0.25) is 4.98 Å². The maximum Gasteiger partial charge on any atom is 0.245 e. The summed E-state index contributed by atoms with van der Waals surface area (Å²) in [5.41, 5.74) is 5.47. The lowest BCUT2D eigenvalue weighted by Gasteiger charge is -2.32. The van der Waals surface area contributed by atoms with Gasteiger partial charge in [-0.1, -0.05) is 60.1 Å². The first-order valence-electron chi connectivity index (χ1n) is 12.6. The molecule has 3 heterocycles. The van der Waals surface area contributed by atoms with Gasteiger partial charge in [0.25, 0.3) is 0 Å². The first-order valence-corrected chi connectivity index (χ1v) is 14.4. The summed E-state index contributed by atoms with van der Waals surface area (Å²) in [5.74, 6) is 0.294. The Morgan fingerprint density at radius 1 is 0.946 bits per heavy atom. The van der Waals surface area contributed by atoms with Crippen molar-refractivity contribution in [2.75, 3.05) is 13.1 Å². The molecule has 3 aromatic carbocycles. The Hall–Kier alpha value is -3.19. The topological polar surface area (TPSA) is 55.2 Å². The fourth-order valence-electron chi connectivity index (χ4n) is 5.80. The highest BCUT2D eigenvalue weighted by Gasteiger charge is 2.33. The van der Waals surface area contributed by atoms with Gasteiger partial charge in [0.15, 0.2) is 0 Å². The van der Waals surface area contributed by atoms with Crippen molar-refractivity contribution < 1.29 is 8.42 Å². The highest BCUT2D eigenvalue weighted by molar-refractivity contribution is 7.89. The monoisotopic (exact) mass is 529 g/mol. The molecule has 0 aliphatic carbocycles. The Kier molecular flexibility index (Phi) is 6.27. The van der Waals surface area contributed by atoms with Gasteiger partial charge < -0.3 is 4.57 Å². The van der Waals surface area contributed by atoms with E-state index in [4.69, 9.17) is 11.6 Å². The van der Waals surface area contributed by atoms with Gasteiger partial charge in [-0.2, -0.15) is 4.31 Å². The SMILES string of the molecule is Cc1c(C2CCN(S(=O)(=O)c3cccc4cccnc34)CC2)c2ccccc2n1Cc1cccc(Cl)c1. The summed E-state index contributed by atoms with van der Waals surface area (Å²) in [5, 5.41) is 2.82. The number of piperidine rings is 1. The molecule has 0 unspecified atom stereocenters. The van der Waals surface area contributed by atoms with E-state index in [9.17, 15) is 8.42 Å². The van der Waals surface area contributed by atoms with Crippen LogP contribution in [0.2, 0.25) is 5.02 Å². The molecule has 188 valence electrons. The number of hydrogen-bond acceptors (Lipinski definition) is 3. The second-order valence-corrected chi connectivity index (χ2v) is 12.1. The lowest BCUT2D eigenvalue weighted by Crippen LogP contribution is -2.38. The van der Waals surface area contributed by atoms with Crippen molar-refractivity contribution in [2.45, 2.75) is 37.1 Å². The van der Waals surface area contributed by atoms with Crippen molar-refractivity contribution in [1.82, 2.24) is 13.9 Å². The minimum atomic E-state index is -3.63. The zero-order chi connectivity index (χ0) is 25.6. The smallest absolute Gasteiger partial charge is 0.245 e. The van der Waals surface area contributed by atoms with Crippen LogP contribution in [0.15, 0.2) is 90.0 Å². The second kappa shape index (κ2) is 9.60. The average Bonchev–Trinajstić information content (AvgIpc) is 3.19. The van der Waals surface area contributed by atoms with Gasteiger partial charge in [0.1, 0.15) is 4.90 Å². The van der Waals surface area contributed by atoms with Crippen molar-refractivity contribution >= 4 is 43.4 Å². The first kappa shape index (κ1) is 24.2. The number of pyridine rings is 1. The van der Waals surface area contributed by atoms with Crippen molar-refractivity contribution in [2.24, 2.45) is 0 Å². The summed E-state index contributed by atoms with van der Waals surface area (Å²) < 4.78 is 31.3. The second-order valence-electron chi connectivity index (χ2n) is 9.74. The summed E-state index contributed by atoms with van der Waals surface area (Å²) >= 11 is 6.26. The summed E-state index contributed by atoms with van der Waals surface area (Å²) in [4.78, 5) is 4.67. The molecule has 7 heteroatoms. The molecule has 1 fully saturated rings. The van der Waals surface area contributed by atoms with E-state index in [0.29, 0.717) is 29.4 Å². The van der Waals surface area contributed by atoms with Gasteiger partial charge in [0, 0.05) is 52.8 Å². The van der Waals surface area contributed by atoms with Crippen LogP contribution in [-0.2, 0) is 16.6 Å². The van der Waals surface area contributed by atoms with Crippen LogP contribution in [-0.4, -0.2) is 35.4 Å². The van der Waals surface area contributed by atoms with Crippen LogP contribution in [0, 0.1) is 6.92 Å². The number of hydrogen-bond donors (Lipinski definition) is 0. The van der Waals surface area contributed by atoms with Crippen molar-refractivity contribution in [3.63, 3.8) is 0 Å². The zero-order valence-corrected chi connectivity index (χ0v) is 22.2. The molecule has 1 aliphatic heterocycles. The van der Waals surface area contributed by atoms with E-state index in [0.717, 1.165) is 35.4 Å². The number of halogens is 1. The van der Waals surface area contributed by atoms with Crippen molar-refractivity contribution in [3.05, 3.63) is 107 Å². The number of sulfonamides is 1. The maximum absolute atomic E-state index is 13.6. The number of benzene rings is 3.